The van der Waals surface area contributed by atoms with Gasteiger partial charge >= 0.3 is 0 Å². The van der Waals surface area contributed by atoms with Gasteiger partial charge in [-0.1, -0.05) is 13.8 Å². The molecule has 5 nitrogen and oxygen atoms in total. The van der Waals surface area contributed by atoms with Gasteiger partial charge in [-0.25, -0.2) is 19.9 Å². The Balaban J connectivity index is 2.19. The molecule has 21 heavy (non-hydrogen) atoms. The van der Waals surface area contributed by atoms with Crippen LogP contribution in [0.3, 0.4) is 0 Å². The molecule has 0 aromatic carbocycles. The summed E-state index contributed by atoms with van der Waals surface area (Å²) in [7, 11) is 0. The van der Waals surface area contributed by atoms with Gasteiger partial charge in [0.15, 0.2) is 5.16 Å². The van der Waals surface area contributed by atoms with Crippen molar-refractivity contribution in [2.75, 3.05) is 11.9 Å². The zero-order valence-electron chi connectivity index (χ0n) is 12.8. The average molecular weight is 303 g/mol. The molecule has 2 rings (SSSR count). The van der Waals surface area contributed by atoms with Crippen molar-refractivity contribution >= 4 is 17.6 Å². The van der Waals surface area contributed by atoms with Crippen molar-refractivity contribution in [3.63, 3.8) is 0 Å². The van der Waals surface area contributed by atoms with Gasteiger partial charge in [0.2, 0.25) is 0 Å². The van der Waals surface area contributed by atoms with Crippen LogP contribution in [-0.4, -0.2) is 26.5 Å². The quantitative estimate of drug-likeness (QED) is 0.624. The SMILES string of the molecule is CCCNc1cc(Sc2ncc(C)cn2)nc(CCC)n1. The highest BCUT2D eigenvalue weighted by molar-refractivity contribution is 7.99. The lowest BCUT2D eigenvalue weighted by Crippen LogP contribution is -2.06. The monoisotopic (exact) mass is 303 g/mol. The van der Waals surface area contributed by atoms with Crippen LogP contribution in [-0.2, 0) is 6.42 Å². The maximum atomic E-state index is 4.58. The first kappa shape index (κ1) is 15.7. The molecule has 0 saturated carbocycles. The molecule has 2 aromatic rings. The molecule has 0 aliphatic carbocycles. The molecule has 112 valence electrons. The van der Waals surface area contributed by atoms with Gasteiger partial charge in [-0.05, 0) is 37.1 Å². The number of rotatable bonds is 7. The zero-order valence-corrected chi connectivity index (χ0v) is 13.6. The van der Waals surface area contributed by atoms with Crippen molar-refractivity contribution in [1.29, 1.82) is 0 Å². The number of aryl methyl sites for hydroxylation is 2. The zero-order chi connectivity index (χ0) is 15.1. The molecule has 0 spiro atoms. The smallest absolute Gasteiger partial charge is 0.193 e. The molecule has 0 unspecified atom stereocenters. The van der Waals surface area contributed by atoms with Gasteiger partial charge in [-0.2, -0.15) is 0 Å². The van der Waals surface area contributed by atoms with Crippen LogP contribution >= 0.6 is 11.8 Å². The second-order valence-electron chi connectivity index (χ2n) is 4.83. The van der Waals surface area contributed by atoms with Crippen LogP contribution in [0.2, 0.25) is 0 Å². The lowest BCUT2D eigenvalue weighted by Gasteiger charge is -2.08. The predicted molar refractivity (Wildman–Crippen MR) is 85.7 cm³/mol. The van der Waals surface area contributed by atoms with Crippen LogP contribution in [0.1, 0.15) is 38.1 Å². The number of hydrogen-bond donors (Lipinski definition) is 1. The fourth-order valence-corrected chi connectivity index (χ4v) is 2.45. The van der Waals surface area contributed by atoms with E-state index in [4.69, 9.17) is 0 Å². The predicted octanol–water partition coefficient (Wildman–Crippen LogP) is 3.50. The summed E-state index contributed by atoms with van der Waals surface area (Å²) in [6.07, 6.45) is 6.61. The van der Waals surface area contributed by atoms with Gasteiger partial charge in [0.1, 0.15) is 16.7 Å². The van der Waals surface area contributed by atoms with Crippen molar-refractivity contribution in [2.45, 2.75) is 50.2 Å². The fraction of sp³-hybridized carbons (Fsp3) is 0.467. The Bertz CT molecular complexity index is 571. The second-order valence-corrected chi connectivity index (χ2v) is 5.82. The first-order valence-electron chi connectivity index (χ1n) is 7.29. The fourth-order valence-electron chi connectivity index (χ4n) is 1.73. The first-order chi connectivity index (χ1) is 10.2. The summed E-state index contributed by atoms with van der Waals surface area (Å²) in [5.41, 5.74) is 1.05. The Kier molecular flexibility index (Phi) is 5.92. The lowest BCUT2D eigenvalue weighted by atomic mass is 10.3. The van der Waals surface area contributed by atoms with Gasteiger partial charge < -0.3 is 5.32 Å². The second kappa shape index (κ2) is 7.93. The van der Waals surface area contributed by atoms with E-state index < -0.39 is 0 Å². The summed E-state index contributed by atoms with van der Waals surface area (Å²) in [6, 6.07) is 1.96. The van der Waals surface area contributed by atoms with E-state index in [1.807, 2.05) is 25.4 Å². The minimum atomic E-state index is 0.711. The summed E-state index contributed by atoms with van der Waals surface area (Å²) in [6.45, 7) is 7.15. The number of hydrogen-bond acceptors (Lipinski definition) is 6. The van der Waals surface area contributed by atoms with E-state index >= 15 is 0 Å². The number of anilines is 1. The van der Waals surface area contributed by atoms with E-state index in [1.165, 1.54) is 11.8 Å². The summed E-state index contributed by atoms with van der Waals surface area (Å²) in [4.78, 5) is 17.7. The highest BCUT2D eigenvalue weighted by atomic mass is 32.2. The Hall–Kier alpha value is -1.69. The highest BCUT2D eigenvalue weighted by Crippen LogP contribution is 2.24. The van der Waals surface area contributed by atoms with Gasteiger partial charge in [-0.3, -0.25) is 0 Å². The summed E-state index contributed by atoms with van der Waals surface area (Å²) >= 11 is 1.47. The van der Waals surface area contributed by atoms with Gasteiger partial charge in [0.25, 0.3) is 0 Å². The summed E-state index contributed by atoms with van der Waals surface area (Å²) in [5.74, 6) is 1.75. The largest absolute Gasteiger partial charge is 0.370 e. The van der Waals surface area contributed by atoms with Crippen molar-refractivity contribution in [3.8, 4) is 0 Å². The maximum Gasteiger partial charge on any atom is 0.193 e. The third-order valence-corrected chi connectivity index (χ3v) is 3.54. The minimum absolute atomic E-state index is 0.711. The molecule has 0 atom stereocenters. The number of aromatic nitrogens is 4. The van der Waals surface area contributed by atoms with E-state index in [1.54, 1.807) is 0 Å². The van der Waals surface area contributed by atoms with Crippen LogP contribution in [0.15, 0.2) is 28.6 Å². The normalized spacial score (nSPS) is 10.6. The molecule has 0 radical (unpaired) electrons. The van der Waals surface area contributed by atoms with Gasteiger partial charge in [0.05, 0.1) is 0 Å². The molecule has 0 saturated heterocycles. The van der Waals surface area contributed by atoms with Gasteiger partial charge in [-0.15, -0.1) is 0 Å². The molecule has 0 fully saturated rings. The van der Waals surface area contributed by atoms with Crippen LogP contribution < -0.4 is 5.32 Å². The average Bonchev–Trinajstić information content (AvgIpc) is 2.48. The van der Waals surface area contributed by atoms with Crippen molar-refractivity contribution in [2.24, 2.45) is 0 Å². The maximum absolute atomic E-state index is 4.58. The Labute approximate surface area is 130 Å². The molecular formula is C15H21N5S. The van der Waals surface area contributed by atoms with Crippen molar-refractivity contribution in [1.82, 2.24) is 19.9 Å². The molecular weight excluding hydrogens is 282 g/mol. The molecule has 0 aliphatic rings. The van der Waals surface area contributed by atoms with Crippen LogP contribution in [0, 0.1) is 6.92 Å². The van der Waals surface area contributed by atoms with E-state index in [-0.39, 0.29) is 0 Å². The molecule has 0 bridgehead atoms. The van der Waals surface area contributed by atoms with E-state index in [0.717, 1.165) is 48.0 Å². The molecule has 0 amide bonds. The highest BCUT2D eigenvalue weighted by Gasteiger charge is 2.07. The van der Waals surface area contributed by atoms with Gasteiger partial charge in [0, 0.05) is 31.4 Å². The molecule has 6 heteroatoms. The van der Waals surface area contributed by atoms with Crippen molar-refractivity contribution < 1.29 is 0 Å². The van der Waals surface area contributed by atoms with Crippen LogP contribution in [0.5, 0.6) is 0 Å². The number of nitrogens with zero attached hydrogens (tertiary/aromatic N) is 4. The Morgan fingerprint density at radius 3 is 2.52 bits per heavy atom. The van der Waals surface area contributed by atoms with Crippen LogP contribution in [0.25, 0.3) is 0 Å². The molecule has 1 N–H and O–H groups in total. The molecule has 2 aromatic heterocycles. The van der Waals surface area contributed by atoms with E-state index in [2.05, 4.69) is 39.1 Å². The Morgan fingerprint density at radius 2 is 1.86 bits per heavy atom. The van der Waals surface area contributed by atoms with Crippen molar-refractivity contribution in [3.05, 3.63) is 29.8 Å². The molecule has 2 heterocycles. The molecule has 0 aliphatic heterocycles. The lowest BCUT2D eigenvalue weighted by molar-refractivity contribution is 0.806. The minimum Gasteiger partial charge on any atom is -0.370 e. The summed E-state index contributed by atoms with van der Waals surface area (Å²) in [5, 5.41) is 4.92. The summed E-state index contributed by atoms with van der Waals surface area (Å²) < 4.78 is 0. The Morgan fingerprint density at radius 1 is 1.10 bits per heavy atom. The third kappa shape index (κ3) is 4.97. The first-order valence-corrected chi connectivity index (χ1v) is 8.11. The third-order valence-electron chi connectivity index (χ3n) is 2.73. The standard InChI is InChI=1S/C15H21N5S/c1-4-6-12-19-13(16-7-5-2)8-14(20-12)21-15-17-9-11(3)10-18-15/h8-10H,4-7H2,1-3H3,(H,16,19,20). The van der Waals surface area contributed by atoms with Crippen LogP contribution in [0.4, 0.5) is 5.82 Å². The number of nitrogens with one attached hydrogen (secondary N) is 1. The topological polar surface area (TPSA) is 63.6 Å². The van der Waals surface area contributed by atoms with E-state index in [9.17, 15) is 0 Å². The van der Waals surface area contributed by atoms with E-state index in [0.29, 0.717) is 5.16 Å².